The maximum absolute atomic E-state index is 9.31. The van der Waals surface area contributed by atoms with E-state index in [0.717, 1.165) is 22.7 Å². The van der Waals surface area contributed by atoms with E-state index in [0.29, 0.717) is 12.0 Å². The predicted molar refractivity (Wildman–Crippen MR) is 80.1 cm³/mol. The molecule has 2 nitrogen and oxygen atoms in total. The molecule has 0 spiro atoms. The fraction of sp³-hybridized carbons (Fsp3) is 0.588. The molecule has 0 amide bonds. The molecule has 1 saturated carbocycles. The van der Waals surface area contributed by atoms with Crippen LogP contribution < -0.4 is 5.32 Å². The van der Waals surface area contributed by atoms with Crippen LogP contribution >= 0.6 is 0 Å². The highest BCUT2D eigenvalue weighted by Gasteiger charge is 2.27. The van der Waals surface area contributed by atoms with Crippen molar-refractivity contribution in [2.75, 3.05) is 5.32 Å². The van der Waals surface area contributed by atoms with Crippen LogP contribution in [0.3, 0.4) is 0 Å². The van der Waals surface area contributed by atoms with Crippen LogP contribution in [0.2, 0.25) is 0 Å². The summed E-state index contributed by atoms with van der Waals surface area (Å²) >= 11 is 0. The molecule has 0 aliphatic heterocycles. The highest BCUT2D eigenvalue weighted by atomic mass is 14.9. The summed E-state index contributed by atoms with van der Waals surface area (Å²) in [6.45, 7) is 6.63. The Hall–Kier alpha value is -1.49. The van der Waals surface area contributed by atoms with Crippen molar-refractivity contribution in [3.8, 4) is 6.07 Å². The van der Waals surface area contributed by atoms with Crippen LogP contribution in [0.15, 0.2) is 18.2 Å². The molecule has 2 heteroatoms. The molecule has 19 heavy (non-hydrogen) atoms. The van der Waals surface area contributed by atoms with Crippen LogP contribution in [0.5, 0.6) is 0 Å². The minimum Gasteiger partial charge on any atom is -0.381 e. The minimum absolute atomic E-state index is 0.516. The second-order valence-electron chi connectivity index (χ2n) is 6.05. The summed E-state index contributed by atoms with van der Waals surface area (Å²) < 4.78 is 0. The standard InChI is InChI=1S/C17H24N2/c1-12(2)14-8-4-5-9-16(14)19-17-10-6-7-13(3)15(17)11-18/h6-7,10,12,14,16,19H,4-5,8-9H2,1-3H3. The molecule has 0 bridgehead atoms. The monoisotopic (exact) mass is 256 g/mol. The zero-order valence-corrected chi connectivity index (χ0v) is 12.2. The Morgan fingerprint density at radius 2 is 2.00 bits per heavy atom. The highest BCUT2D eigenvalue weighted by molar-refractivity contribution is 5.61. The maximum atomic E-state index is 9.31. The van der Waals surface area contributed by atoms with Crippen LogP contribution in [0.1, 0.15) is 50.7 Å². The summed E-state index contributed by atoms with van der Waals surface area (Å²) in [5.74, 6) is 1.42. The van der Waals surface area contributed by atoms with Crippen LogP contribution in [-0.2, 0) is 0 Å². The van der Waals surface area contributed by atoms with Gasteiger partial charge in [0, 0.05) is 6.04 Å². The molecule has 0 radical (unpaired) electrons. The van der Waals surface area contributed by atoms with Crippen LogP contribution in [-0.4, -0.2) is 6.04 Å². The SMILES string of the molecule is Cc1cccc(NC2CCCCC2C(C)C)c1C#N. The number of hydrogen-bond acceptors (Lipinski definition) is 2. The predicted octanol–water partition coefficient (Wildman–Crippen LogP) is 4.49. The fourth-order valence-corrected chi connectivity index (χ4v) is 3.27. The fourth-order valence-electron chi connectivity index (χ4n) is 3.27. The number of benzene rings is 1. The van der Waals surface area contributed by atoms with Crippen molar-refractivity contribution < 1.29 is 0 Å². The number of nitrogens with zero attached hydrogens (tertiary/aromatic N) is 1. The third kappa shape index (κ3) is 3.10. The number of nitrogens with one attached hydrogen (secondary N) is 1. The number of aryl methyl sites for hydroxylation is 1. The largest absolute Gasteiger partial charge is 0.381 e. The van der Waals surface area contributed by atoms with E-state index in [9.17, 15) is 5.26 Å². The number of rotatable bonds is 3. The van der Waals surface area contributed by atoms with E-state index in [1.807, 2.05) is 25.1 Å². The van der Waals surface area contributed by atoms with Gasteiger partial charge in [-0.1, -0.05) is 38.8 Å². The van der Waals surface area contributed by atoms with Crippen molar-refractivity contribution in [1.29, 1.82) is 5.26 Å². The maximum Gasteiger partial charge on any atom is 0.102 e. The van der Waals surface area contributed by atoms with Gasteiger partial charge in [-0.25, -0.2) is 0 Å². The Bertz CT molecular complexity index is 471. The molecule has 1 aromatic rings. The van der Waals surface area contributed by atoms with Crippen molar-refractivity contribution >= 4 is 5.69 Å². The average molecular weight is 256 g/mol. The van der Waals surface area contributed by atoms with Gasteiger partial charge < -0.3 is 5.32 Å². The molecule has 102 valence electrons. The lowest BCUT2D eigenvalue weighted by Crippen LogP contribution is -2.35. The molecule has 0 aromatic heterocycles. The number of hydrogen-bond donors (Lipinski definition) is 1. The van der Waals surface area contributed by atoms with E-state index < -0.39 is 0 Å². The molecule has 0 saturated heterocycles. The van der Waals surface area contributed by atoms with Gasteiger partial charge in [-0.15, -0.1) is 0 Å². The molecular weight excluding hydrogens is 232 g/mol. The highest BCUT2D eigenvalue weighted by Crippen LogP contribution is 2.33. The van der Waals surface area contributed by atoms with Gasteiger partial charge >= 0.3 is 0 Å². The minimum atomic E-state index is 0.516. The molecule has 1 fully saturated rings. The van der Waals surface area contributed by atoms with Crippen LogP contribution in [0.25, 0.3) is 0 Å². The van der Waals surface area contributed by atoms with Crippen molar-refractivity contribution in [2.24, 2.45) is 11.8 Å². The zero-order chi connectivity index (χ0) is 13.8. The first-order valence-electron chi connectivity index (χ1n) is 7.39. The van der Waals surface area contributed by atoms with E-state index in [2.05, 4.69) is 25.2 Å². The lowest BCUT2D eigenvalue weighted by molar-refractivity contribution is 0.254. The summed E-state index contributed by atoms with van der Waals surface area (Å²) in [7, 11) is 0. The smallest absolute Gasteiger partial charge is 0.102 e. The Kier molecular flexibility index (Phi) is 4.47. The molecule has 0 heterocycles. The van der Waals surface area contributed by atoms with Crippen molar-refractivity contribution in [1.82, 2.24) is 0 Å². The first-order chi connectivity index (χ1) is 9.13. The lowest BCUT2D eigenvalue weighted by atomic mass is 9.77. The van der Waals surface area contributed by atoms with Gasteiger partial charge in [-0.2, -0.15) is 5.26 Å². The van der Waals surface area contributed by atoms with Gasteiger partial charge in [0.2, 0.25) is 0 Å². The topological polar surface area (TPSA) is 35.8 Å². The van der Waals surface area contributed by atoms with E-state index in [1.165, 1.54) is 25.7 Å². The van der Waals surface area contributed by atoms with E-state index in [4.69, 9.17) is 0 Å². The Labute approximate surface area is 116 Å². The summed E-state index contributed by atoms with van der Waals surface area (Å²) in [5, 5.41) is 13.0. The molecule has 2 unspecified atom stereocenters. The zero-order valence-electron chi connectivity index (χ0n) is 12.2. The van der Waals surface area contributed by atoms with Crippen LogP contribution in [0, 0.1) is 30.1 Å². The quantitative estimate of drug-likeness (QED) is 0.864. The Morgan fingerprint density at radius 3 is 2.68 bits per heavy atom. The van der Waals surface area contributed by atoms with Crippen molar-refractivity contribution in [3.05, 3.63) is 29.3 Å². The van der Waals surface area contributed by atoms with Gasteiger partial charge in [0.05, 0.1) is 11.3 Å². The van der Waals surface area contributed by atoms with Gasteiger partial charge in [0.15, 0.2) is 0 Å². The number of nitriles is 1. The van der Waals surface area contributed by atoms with Gasteiger partial charge in [-0.3, -0.25) is 0 Å². The molecule has 2 atom stereocenters. The summed E-state index contributed by atoms with van der Waals surface area (Å²) in [5.41, 5.74) is 2.88. The van der Waals surface area contributed by atoms with E-state index >= 15 is 0 Å². The first kappa shape index (κ1) is 13.9. The second-order valence-corrected chi connectivity index (χ2v) is 6.05. The van der Waals surface area contributed by atoms with Crippen molar-refractivity contribution in [3.63, 3.8) is 0 Å². The normalized spacial score (nSPS) is 23.1. The number of anilines is 1. The van der Waals surface area contributed by atoms with Crippen LogP contribution in [0.4, 0.5) is 5.69 Å². The van der Waals surface area contributed by atoms with Crippen molar-refractivity contribution in [2.45, 2.75) is 52.5 Å². The molecule has 1 aliphatic rings. The summed E-state index contributed by atoms with van der Waals surface area (Å²) in [6.07, 6.45) is 5.18. The summed E-state index contributed by atoms with van der Waals surface area (Å²) in [6, 6.07) is 8.93. The molecule has 1 aliphatic carbocycles. The van der Waals surface area contributed by atoms with E-state index in [-0.39, 0.29) is 0 Å². The van der Waals surface area contributed by atoms with Gasteiger partial charge in [0.1, 0.15) is 6.07 Å². The van der Waals surface area contributed by atoms with E-state index in [1.54, 1.807) is 0 Å². The third-order valence-electron chi connectivity index (χ3n) is 4.40. The molecule has 2 rings (SSSR count). The molecule has 1 N–H and O–H groups in total. The third-order valence-corrected chi connectivity index (χ3v) is 4.40. The average Bonchev–Trinajstić information content (AvgIpc) is 2.39. The molecular formula is C17H24N2. The Morgan fingerprint density at radius 1 is 1.26 bits per heavy atom. The molecule has 1 aromatic carbocycles. The summed E-state index contributed by atoms with van der Waals surface area (Å²) in [4.78, 5) is 0. The first-order valence-corrected chi connectivity index (χ1v) is 7.39. The van der Waals surface area contributed by atoms with Gasteiger partial charge in [-0.05, 0) is 43.2 Å². The second kappa shape index (κ2) is 6.10. The lowest BCUT2D eigenvalue weighted by Gasteiger charge is -2.35. The Balaban J connectivity index is 2.20. The van der Waals surface area contributed by atoms with Gasteiger partial charge in [0.25, 0.3) is 0 Å².